The number of nitrogens with zero attached hydrogens (tertiary/aromatic N) is 1. The number of rotatable bonds is 5. The number of hydrogen-bond donors (Lipinski definition) is 1. The fourth-order valence-corrected chi connectivity index (χ4v) is 4.09. The van der Waals surface area contributed by atoms with E-state index in [9.17, 15) is 13.2 Å². The third kappa shape index (κ3) is 3.27. The Kier molecular flexibility index (Phi) is 4.29. The van der Waals surface area contributed by atoms with Crippen LogP contribution in [0.3, 0.4) is 0 Å². The molecule has 1 N–H and O–H groups in total. The van der Waals surface area contributed by atoms with Crippen LogP contribution >= 0.6 is 11.3 Å². The van der Waals surface area contributed by atoms with Crippen molar-refractivity contribution in [3.05, 3.63) is 16.5 Å². The molecule has 17 heavy (non-hydrogen) atoms. The fraction of sp³-hybridized carbons (Fsp3) is 0.500. The quantitative estimate of drug-likeness (QED) is 0.884. The Morgan fingerprint density at radius 2 is 2.06 bits per heavy atom. The van der Waals surface area contributed by atoms with Gasteiger partial charge in [-0.15, -0.1) is 11.3 Å². The highest BCUT2D eigenvalue weighted by Crippen LogP contribution is 2.27. The number of carboxylic acid groups (broad SMARTS) is 1. The summed E-state index contributed by atoms with van der Waals surface area (Å²) < 4.78 is 25.4. The maximum Gasteiger partial charge on any atom is 0.304 e. The van der Waals surface area contributed by atoms with Gasteiger partial charge in [0.25, 0.3) is 10.0 Å². The van der Waals surface area contributed by atoms with Gasteiger partial charge in [0.1, 0.15) is 4.21 Å². The molecule has 1 heterocycles. The van der Waals surface area contributed by atoms with Crippen molar-refractivity contribution in [1.29, 1.82) is 0 Å². The van der Waals surface area contributed by atoms with Gasteiger partial charge < -0.3 is 5.11 Å². The van der Waals surface area contributed by atoms with Crippen molar-refractivity contribution in [2.75, 3.05) is 13.6 Å². The van der Waals surface area contributed by atoms with Gasteiger partial charge in [0.05, 0.1) is 6.42 Å². The second-order valence-corrected chi connectivity index (χ2v) is 7.30. The van der Waals surface area contributed by atoms with Gasteiger partial charge in [-0.1, -0.05) is 0 Å². The van der Waals surface area contributed by atoms with Crippen LogP contribution in [0, 0.1) is 13.8 Å². The number of aryl methyl sites for hydroxylation is 2. The van der Waals surface area contributed by atoms with Crippen molar-refractivity contribution < 1.29 is 18.3 Å². The minimum atomic E-state index is -3.55. The predicted octanol–water partition coefficient (Wildman–Crippen LogP) is 1.46. The second kappa shape index (κ2) is 5.16. The Labute approximate surface area is 105 Å². The van der Waals surface area contributed by atoms with Crippen molar-refractivity contribution >= 4 is 27.3 Å². The van der Waals surface area contributed by atoms with Crippen molar-refractivity contribution in [3.8, 4) is 0 Å². The molecule has 0 radical (unpaired) electrons. The number of hydrogen-bond acceptors (Lipinski definition) is 4. The fourth-order valence-electron chi connectivity index (χ4n) is 1.19. The number of carbonyl (C=O) groups is 1. The first kappa shape index (κ1) is 14.1. The smallest absolute Gasteiger partial charge is 0.304 e. The lowest BCUT2D eigenvalue weighted by Crippen LogP contribution is -2.28. The largest absolute Gasteiger partial charge is 0.481 e. The van der Waals surface area contributed by atoms with Crippen molar-refractivity contribution in [1.82, 2.24) is 4.31 Å². The Bertz CT molecular complexity index is 499. The Morgan fingerprint density at radius 1 is 1.47 bits per heavy atom. The predicted molar refractivity (Wildman–Crippen MR) is 65.9 cm³/mol. The molecule has 96 valence electrons. The SMILES string of the molecule is Cc1cc(S(=O)(=O)N(C)CCC(=O)O)sc1C. The van der Waals surface area contributed by atoms with Crippen LogP contribution in [-0.2, 0) is 14.8 Å². The summed E-state index contributed by atoms with van der Waals surface area (Å²) in [7, 11) is -2.16. The van der Waals surface area contributed by atoms with E-state index >= 15 is 0 Å². The monoisotopic (exact) mass is 277 g/mol. The molecule has 1 rings (SSSR count). The van der Waals surface area contributed by atoms with Crippen molar-refractivity contribution in [2.24, 2.45) is 0 Å². The zero-order valence-corrected chi connectivity index (χ0v) is 11.6. The van der Waals surface area contributed by atoms with Crippen LogP contribution in [0.1, 0.15) is 16.9 Å². The molecule has 0 unspecified atom stereocenters. The maximum absolute atomic E-state index is 12.1. The van der Waals surface area contributed by atoms with Crippen LogP contribution in [0.2, 0.25) is 0 Å². The van der Waals surface area contributed by atoms with Gasteiger partial charge in [0, 0.05) is 18.5 Å². The van der Waals surface area contributed by atoms with Crippen LogP contribution in [-0.4, -0.2) is 37.4 Å². The van der Waals surface area contributed by atoms with Crippen molar-refractivity contribution in [3.63, 3.8) is 0 Å². The molecule has 0 amide bonds. The molecule has 0 aliphatic carbocycles. The topological polar surface area (TPSA) is 74.7 Å². The number of carboxylic acids is 1. The molecule has 7 heteroatoms. The normalized spacial score (nSPS) is 12.0. The lowest BCUT2D eigenvalue weighted by atomic mass is 10.3. The number of thiophene rings is 1. The molecule has 0 aliphatic heterocycles. The van der Waals surface area contributed by atoms with E-state index in [1.165, 1.54) is 18.4 Å². The summed E-state index contributed by atoms with van der Waals surface area (Å²) in [4.78, 5) is 11.4. The minimum absolute atomic E-state index is 0.0202. The number of sulfonamides is 1. The van der Waals surface area contributed by atoms with Gasteiger partial charge >= 0.3 is 5.97 Å². The van der Waals surface area contributed by atoms with E-state index in [2.05, 4.69) is 0 Å². The molecule has 0 bridgehead atoms. The first-order valence-corrected chi connectivity index (χ1v) is 7.26. The first-order valence-electron chi connectivity index (χ1n) is 5.00. The summed E-state index contributed by atoms with van der Waals surface area (Å²) in [5.41, 5.74) is 0.931. The summed E-state index contributed by atoms with van der Waals surface area (Å²) >= 11 is 1.21. The lowest BCUT2D eigenvalue weighted by Gasteiger charge is -2.14. The molecule has 0 spiro atoms. The molecule has 0 saturated carbocycles. The van der Waals surface area contributed by atoms with Crippen molar-refractivity contribution in [2.45, 2.75) is 24.5 Å². The van der Waals surface area contributed by atoms with Crippen LogP contribution < -0.4 is 0 Å². The molecule has 0 saturated heterocycles. The van der Waals surface area contributed by atoms with Gasteiger partial charge in [-0.25, -0.2) is 8.42 Å². The molecule has 0 aromatic carbocycles. The van der Waals surface area contributed by atoms with Crippen LogP contribution in [0.5, 0.6) is 0 Å². The molecule has 0 aliphatic rings. The van der Waals surface area contributed by atoms with Crippen LogP contribution in [0.15, 0.2) is 10.3 Å². The molecule has 5 nitrogen and oxygen atoms in total. The standard InChI is InChI=1S/C10H15NO4S2/c1-7-6-10(16-8(7)2)17(14,15)11(3)5-4-9(12)13/h6H,4-5H2,1-3H3,(H,12,13). The molecule has 1 aromatic heterocycles. The Balaban J connectivity index is 2.91. The Morgan fingerprint density at radius 3 is 2.47 bits per heavy atom. The van der Waals surface area contributed by atoms with E-state index in [-0.39, 0.29) is 17.2 Å². The average Bonchev–Trinajstić information content (AvgIpc) is 2.56. The zero-order chi connectivity index (χ0) is 13.2. The Hall–Kier alpha value is -0.920. The van der Waals surface area contributed by atoms with E-state index in [1.807, 2.05) is 13.8 Å². The van der Waals surface area contributed by atoms with E-state index in [0.29, 0.717) is 0 Å². The van der Waals surface area contributed by atoms with Crippen LogP contribution in [0.25, 0.3) is 0 Å². The highest BCUT2D eigenvalue weighted by atomic mass is 32.2. The van der Waals surface area contributed by atoms with Gasteiger partial charge in [0.15, 0.2) is 0 Å². The van der Waals surface area contributed by atoms with E-state index < -0.39 is 16.0 Å². The average molecular weight is 277 g/mol. The summed E-state index contributed by atoms with van der Waals surface area (Å²) in [6, 6.07) is 1.62. The third-order valence-corrected chi connectivity index (χ3v) is 5.91. The van der Waals surface area contributed by atoms with E-state index in [1.54, 1.807) is 6.07 Å². The van der Waals surface area contributed by atoms with E-state index in [4.69, 9.17) is 5.11 Å². The second-order valence-electron chi connectivity index (χ2n) is 3.77. The van der Waals surface area contributed by atoms with E-state index in [0.717, 1.165) is 14.7 Å². The highest BCUT2D eigenvalue weighted by Gasteiger charge is 2.23. The maximum atomic E-state index is 12.1. The van der Waals surface area contributed by atoms with Gasteiger partial charge in [0.2, 0.25) is 0 Å². The van der Waals surface area contributed by atoms with Gasteiger partial charge in [-0.2, -0.15) is 4.31 Å². The molecular formula is C10H15NO4S2. The van der Waals surface area contributed by atoms with Gasteiger partial charge in [-0.05, 0) is 25.5 Å². The first-order chi connectivity index (χ1) is 7.75. The lowest BCUT2D eigenvalue weighted by molar-refractivity contribution is -0.137. The zero-order valence-electron chi connectivity index (χ0n) is 9.93. The van der Waals surface area contributed by atoms with Gasteiger partial charge in [-0.3, -0.25) is 4.79 Å². The highest BCUT2D eigenvalue weighted by molar-refractivity contribution is 7.91. The number of aliphatic carboxylic acids is 1. The molecular weight excluding hydrogens is 262 g/mol. The molecule has 1 aromatic rings. The third-order valence-electron chi connectivity index (χ3n) is 2.45. The molecule has 0 fully saturated rings. The van der Waals surface area contributed by atoms with Crippen LogP contribution in [0.4, 0.5) is 0 Å². The molecule has 0 atom stereocenters. The summed E-state index contributed by atoms with van der Waals surface area (Å²) in [5, 5.41) is 8.53. The summed E-state index contributed by atoms with van der Waals surface area (Å²) in [5.74, 6) is -1.01. The minimum Gasteiger partial charge on any atom is -0.481 e. The summed E-state index contributed by atoms with van der Waals surface area (Å²) in [6.07, 6.45) is -0.195. The summed E-state index contributed by atoms with van der Waals surface area (Å²) in [6.45, 7) is 3.69.